The van der Waals surface area contributed by atoms with Gasteiger partial charge in [-0.25, -0.2) is 0 Å². The van der Waals surface area contributed by atoms with Gasteiger partial charge in [0.25, 0.3) is 0 Å². The number of aromatic nitrogens is 1. The van der Waals surface area contributed by atoms with Crippen LogP contribution in [0.3, 0.4) is 0 Å². The highest BCUT2D eigenvalue weighted by molar-refractivity contribution is 6.12. The fourth-order valence-corrected chi connectivity index (χ4v) is 3.25. The van der Waals surface area contributed by atoms with Crippen LogP contribution < -0.4 is 15.5 Å². The van der Waals surface area contributed by atoms with Crippen LogP contribution in [-0.2, 0) is 0 Å². The lowest BCUT2D eigenvalue weighted by molar-refractivity contribution is 0.589. The lowest BCUT2D eigenvalue weighted by atomic mass is 9.99. The van der Waals surface area contributed by atoms with E-state index >= 15 is 0 Å². The third-order valence-electron chi connectivity index (χ3n) is 4.62. The Balaban J connectivity index is 1.73. The Labute approximate surface area is 162 Å². The van der Waals surface area contributed by atoms with E-state index in [2.05, 4.69) is 62.8 Å². The van der Waals surface area contributed by atoms with E-state index in [9.17, 15) is 0 Å². The van der Waals surface area contributed by atoms with Crippen LogP contribution >= 0.6 is 0 Å². The molecule has 1 aliphatic heterocycles. The van der Waals surface area contributed by atoms with Crippen molar-refractivity contribution in [1.29, 1.82) is 0 Å². The van der Waals surface area contributed by atoms with Crippen molar-refractivity contribution in [2.75, 3.05) is 42.9 Å². The van der Waals surface area contributed by atoms with E-state index in [0.717, 1.165) is 50.5 Å². The van der Waals surface area contributed by atoms with Crippen molar-refractivity contribution in [3.05, 3.63) is 66.2 Å². The Morgan fingerprint density at radius 2 is 2.15 bits per heavy atom. The zero-order valence-corrected chi connectivity index (χ0v) is 16.3. The summed E-state index contributed by atoms with van der Waals surface area (Å²) in [4.78, 5) is 11.3. The second kappa shape index (κ2) is 9.88. The molecule has 2 heterocycles. The predicted octanol–water partition coefficient (Wildman–Crippen LogP) is 3.71. The van der Waals surface area contributed by atoms with E-state index in [4.69, 9.17) is 0 Å². The molecule has 0 atom stereocenters. The maximum absolute atomic E-state index is 4.59. The first-order valence-corrected chi connectivity index (χ1v) is 9.73. The smallest absolute Gasteiger partial charge is 0.0789 e. The van der Waals surface area contributed by atoms with E-state index < -0.39 is 0 Å². The van der Waals surface area contributed by atoms with Gasteiger partial charge in [0.1, 0.15) is 0 Å². The number of allylic oxidation sites excluding steroid dienone is 5. The average Bonchev–Trinajstić information content (AvgIpc) is 2.73. The van der Waals surface area contributed by atoms with E-state index in [-0.39, 0.29) is 0 Å². The molecule has 3 rings (SSSR count). The van der Waals surface area contributed by atoms with Gasteiger partial charge in [0.15, 0.2) is 0 Å². The molecule has 0 radical (unpaired) electrons. The molecule has 1 saturated heterocycles. The van der Waals surface area contributed by atoms with Gasteiger partial charge in [-0.2, -0.15) is 0 Å². The molecule has 1 fully saturated rings. The quantitative estimate of drug-likeness (QED) is 0.809. The maximum Gasteiger partial charge on any atom is 0.0789 e. The molecule has 142 valence electrons. The lowest BCUT2D eigenvalue weighted by Gasteiger charge is -2.31. The number of piperazine rings is 1. The van der Waals surface area contributed by atoms with E-state index in [1.54, 1.807) is 0 Å². The molecule has 27 heavy (non-hydrogen) atoms. The summed E-state index contributed by atoms with van der Waals surface area (Å²) in [6.07, 6.45) is 17.3. The van der Waals surface area contributed by atoms with E-state index in [1.165, 1.54) is 16.8 Å². The first-order valence-electron chi connectivity index (χ1n) is 9.73. The van der Waals surface area contributed by atoms with Gasteiger partial charge in [-0.05, 0) is 36.6 Å². The highest BCUT2D eigenvalue weighted by Gasteiger charge is 2.15. The van der Waals surface area contributed by atoms with Gasteiger partial charge in [-0.1, -0.05) is 31.2 Å². The normalized spacial score (nSPS) is 20.5. The summed E-state index contributed by atoms with van der Waals surface area (Å²) in [6, 6.07) is 2.06. The van der Waals surface area contributed by atoms with Gasteiger partial charge < -0.3 is 15.5 Å². The van der Waals surface area contributed by atoms with Crippen molar-refractivity contribution in [2.45, 2.75) is 20.3 Å². The SMILES string of the molecule is C\C=C/N=C1\C=C(CNc2ccncc2N2CCNCC2)C=C\C1=C/CC. The summed E-state index contributed by atoms with van der Waals surface area (Å²) in [6.45, 7) is 8.94. The molecular weight excluding hydrogens is 334 g/mol. The number of hydrogen-bond acceptors (Lipinski definition) is 5. The second-order valence-electron chi connectivity index (χ2n) is 6.60. The third kappa shape index (κ3) is 5.17. The summed E-state index contributed by atoms with van der Waals surface area (Å²) in [7, 11) is 0. The van der Waals surface area contributed by atoms with Crippen molar-refractivity contribution in [2.24, 2.45) is 4.99 Å². The van der Waals surface area contributed by atoms with E-state index in [1.807, 2.05) is 31.6 Å². The predicted molar refractivity (Wildman–Crippen MR) is 116 cm³/mol. The Morgan fingerprint density at radius 3 is 2.93 bits per heavy atom. The number of nitrogens with zero attached hydrogens (tertiary/aromatic N) is 3. The van der Waals surface area contributed by atoms with Crippen molar-refractivity contribution >= 4 is 17.1 Å². The molecule has 0 unspecified atom stereocenters. The van der Waals surface area contributed by atoms with Crippen LogP contribution in [0.4, 0.5) is 11.4 Å². The largest absolute Gasteiger partial charge is 0.379 e. The minimum absolute atomic E-state index is 0.758. The van der Waals surface area contributed by atoms with Gasteiger partial charge in [0, 0.05) is 45.1 Å². The number of aliphatic imine (C=N–C) groups is 1. The summed E-state index contributed by atoms with van der Waals surface area (Å²) in [5, 5.41) is 6.99. The molecule has 0 saturated carbocycles. The molecule has 2 aliphatic rings. The second-order valence-corrected chi connectivity index (χ2v) is 6.60. The fraction of sp³-hybridized carbons (Fsp3) is 0.364. The first kappa shape index (κ1) is 19.1. The monoisotopic (exact) mass is 363 g/mol. The highest BCUT2D eigenvalue weighted by atomic mass is 15.2. The zero-order chi connectivity index (χ0) is 18.9. The van der Waals surface area contributed by atoms with Crippen molar-refractivity contribution < 1.29 is 0 Å². The van der Waals surface area contributed by atoms with Crippen LogP contribution in [0, 0.1) is 0 Å². The van der Waals surface area contributed by atoms with Crippen LogP contribution in [0.5, 0.6) is 0 Å². The fourth-order valence-electron chi connectivity index (χ4n) is 3.25. The number of nitrogens with one attached hydrogen (secondary N) is 2. The molecule has 0 amide bonds. The first-order chi connectivity index (χ1) is 13.3. The van der Waals surface area contributed by atoms with Crippen molar-refractivity contribution in [3.8, 4) is 0 Å². The van der Waals surface area contributed by atoms with Gasteiger partial charge >= 0.3 is 0 Å². The Bertz CT molecular complexity index is 780. The van der Waals surface area contributed by atoms with Gasteiger partial charge in [0.2, 0.25) is 0 Å². The summed E-state index contributed by atoms with van der Waals surface area (Å²) >= 11 is 0. The van der Waals surface area contributed by atoms with E-state index in [0.29, 0.717) is 0 Å². The summed E-state index contributed by atoms with van der Waals surface area (Å²) < 4.78 is 0. The molecule has 0 spiro atoms. The summed E-state index contributed by atoms with van der Waals surface area (Å²) in [5.41, 5.74) is 5.72. The van der Waals surface area contributed by atoms with Crippen LogP contribution in [0.2, 0.25) is 0 Å². The number of hydrogen-bond donors (Lipinski definition) is 2. The van der Waals surface area contributed by atoms with Crippen molar-refractivity contribution in [3.63, 3.8) is 0 Å². The minimum atomic E-state index is 0.758. The number of pyridine rings is 1. The molecule has 1 aromatic heterocycles. The highest BCUT2D eigenvalue weighted by Crippen LogP contribution is 2.25. The Kier molecular flexibility index (Phi) is 6.99. The lowest BCUT2D eigenvalue weighted by Crippen LogP contribution is -2.43. The molecule has 5 heteroatoms. The standard InChI is InChI=1S/C22H29N5/c1-3-5-19-7-6-18(15-21(19)25-9-4-2)16-26-20-8-10-24-17-22(20)27-13-11-23-12-14-27/h4-10,15,17,23H,3,11-14,16H2,1-2H3,(H,24,26)/b9-4-,19-5+,25-21+. The third-order valence-corrected chi connectivity index (χ3v) is 4.62. The topological polar surface area (TPSA) is 52.6 Å². The minimum Gasteiger partial charge on any atom is -0.379 e. The Morgan fingerprint density at radius 1 is 1.30 bits per heavy atom. The van der Waals surface area contributed by atoms with Crippen LogP contribution in [0.15, 0.2) is 71.2 Å². The molecule has 5 nitrogen and oxygen atoms in total. The molecular formula is C22H29N5. The molecule has 1 aromatic rings. The Hall–Kier alpha value is -2.66. The van der Waals surface area contributed by atoms with Crippen LogP contribution in [0.1, 0.15) is 20.3 Å². The molecule has 1 aliphatic carbocycles. The number of anilines is 2. The maximum atomic E-state index is 4.59. The average molecular weight is 364 g/mol. The molecule has 0 aromatic carbocycles. The van der Waals surface area contributed by atoms with Gasteiger partial charge in [-0.3, -0.25) is 9.98 Å². The van der Waals surface area contributed by atoms with Crippen LogP contribution in [0.25, 0.3) is 0 Å². The summed E-state index contributed by atoms with van der Waals surface area (Å²) in [5.74, 6) is 0. The zero-order valence-electron chi connectivity index (χ0n) is 16.3. The molecule has 2 N–H and O–H groups in total. The van der Waals surface area contributed by atoms with Gasteiger partial charge in [-0.15, -0.1) is 0 Å². The van der Waals surface area contributed by atoms with Crippen LogP contribution in [-0.4, -0.2) is 43.4 Å². The number of rotatable bonds is 6. The van der Waals surface area contributed by atoms with Crippen molar-refractivity contribution in [1.82, 2.24) is 10.3 Å². The molecule has 0 bridgehead atoms. The van der Waals surface area contributed by atoms with Gasteiger partial charge in [0.05, 0.1) is 23.3 Å².